The van der Waals surface area contributed by atoms with E-state index in [0.29, 0.717) is 17.7 Å². The molecule has 3 aromatic carbocycles. The molecule has 0 aromatic heterocycles. The average molecular weight is 568 g/mol. The molecule has 1 fully saturated rings. The number of carbonyl (C=O) groups excluding carboxylic acids is 3. The minimum absolute atomic E-state index is 0.0988. The summed E-state index contributed by atoms with van der Waals surface area (Å²) >= 11 is 7.17. The third-order valence-corrected chi connectivity index (χ3v) is 7.09. The number of carbonyl (C=O) groups is 3. The lowest BCUT2D eigenvalue weighted by Gasteiger charge is -2.26. The molecule has 7 heteroatoms. The van der Waals surface area contributed by atoms with Crippen molar-refractivity contribution < 1.29 is 14.4 Å². The Morgan fingerprint density at radius 2 is 1.58 bits per heavy atom. The number of barbiturate groups is 1. The van der Waals surface area contributed by atoms with Crippen LogP contribution < -0.4 is 10.2 Å². The highest BCUT2D eigenvalue weighted by molar-refractivity contribution is 9.10. The topological polar surface area (TPSA) is 66.5 Å². The van der Waals surface area contributed by atoms with E-state index >= 15 is 0 Å². The lowest BCUT2D eigenvalue weighted by Crippen LogP contribution is -2.54. The fourth-order valence-corrected chi connectivity index (χ4v) is 4.53. The number of rotatable bonds is 4. The van der Waals surface area contributed by atoms with E-state index in [-0.39, 0.29) is 5.57 Å². The van der Waals surface area contributed by atoms with E-state index in [2.05, 4.69) is 43.2 Å². The van der Waals surface area contributed by atoms with Gasteiger partial charge in [0.05, 0.1) is 5.69 Å². The Morgan fingerprint density at radius 1 is 0.848 bits per heavy atom. The maximum atomic E-state index is 13.1. The molecule has 1 N–H and O–H groups in total. The Balaban J connectivity index is 1.64. The van der Waals surface area contributed by atoms with Gasteiger partial charge in [-0.15, -0.1) is 0 Å². The van der Waals surface area contributed by atoms with Crippen molar-refractivity contribution in [3.8, 4) is 0 Å². The smallest absolute Gasteiger partial charge is 0.273 e. The number of nitrogens with one attached hydrogen (secondary N) is 1. The molecule has 1 aliphatic rings. The van der Waals surface area contributed by atoms with Crippen LogP contribution in [-0.2, 0) is 16.0 Å². The molecule has 0 spiro atoms. The van der Waals surface area contributed by atoms with Gasteiger partial charge in [-0.2, -0.15) is 0 Å². The van der Waals surface area contributed by atoms with Crippen molar-refractivity contribution in [2.45, 2.75) is 20.3 Å². The molecule has 0 radical (unpaired) electrons. The van der Waals surface area contributed by atoms with Crippen molar-refractivity contribution in [1.82, 2.24) is 5.32 Å². The van der Waals surface area contributed by atoms with E-state index in [4.69, 9.17) is 0 Å². The molecule has 0 aliphatic carbocycles. The summed E-state index contributed by atoms with van der Waals surface area (Å²) in [5.74, 6) is -1.36. The number of anilines is 1. The van der Waals surface area contributed by atoms with Gasteiger partial charge in [0.25, 0.3) is 11.8 Å². The summed E-state index contributed by atoms with van der Waals surface area (Å²) in [6, 6.07) is 18.2. The predicted molar refractivity (Wildman–Crippen MR) is 136 cm³/mol. The molecule has 0 saturated carbocycles. The fraction of sp³-hybridized carbons (Fsp3) is 0.115. The number of aryl methyl sites for hydroxylation is 2. The van der Waals surface area contributed by atoms with Gasteiger partial charge in [0.2, 0.25) is 0 Å². The summed E-state index contributed by atoms with van der Waals surface area (Å²) in [7, 11) is 0. The number of hydrogen-bond donors (Lipinski definition) is 1. The number of benzene rings is 3. The first-order valence-electron chi connectivity index (χ1n) is 10.2. The van der Waals surface area contributed by atoms with E-state index in [9.17, 15) is 14.4 Å². The lowest BCUT2D eigenvalue weighted by molar-refractivity contribution is -0.122. The van der Waals surface area contributed by atoms with Crippen molar-refractivity contribution >= 4 is 61.5 Å². The highest BCUT2D eigenvalue weighted by Gasteiger charge is 2.36. The van der Waals surface area contributed by atoms with Crippen LogP contribution in [0.25, 0.3) is 6.08 Å². The van der Waals surface area contributed by atoms with Crippen molar-refractivity contribution in [2.75, 3.05) is 4.90 Å². The Hall–Kier alpha value is -3.03. The molecular formula is C26H20Br2N2O3. The fourth-order valence-electron chi connectivity index (χ4n) is 3.57. The molecule has 166 valence electrons. The second kappa shape index (κ2) is 9.45. The van der Waals surface area contributed by atoms with Crippen molar-refractivity contribution in [3.05, 3.63) is 103 Å². The van der Waals surface area contributed by atoms with Gasteiger partial charge >= 0.3 is 6.03 Å². The highest BCUT2D eigenvalue weighted by Crippen LogP contribution is 2.28. The molecule has 1 heterocycles. The standard InChI is InChI=1S/C26H20Br2N2O3/c1-15-7-10-20(11-16(15)2)30-25(32)21(24(31)29-26(30)33)12-17-8-9-19(23(28)13-17)14-18-5-3-4-6-22(18)27/h3-13H,14H2,1-2H3,(H,29,31,33)/b21-12+. The van der Waals surface area contributed by atoms with Crippen LogP contribution in [0, 0.1) is 13.8 Å². The van der Waals surface area contributed by atoms with Gasteiger partial charge in [0.1, 0.15) is 5.57 Å². The molecule has 4 amide bonds. The molecule has 5 nitrogen and oxygen atoms in total. The monoisotopic (exact) mass is 566 g/mol. The molecular weight excluding hydrogens is 548 g/mol. The summed E-state index contributed by atoms with van der Waals surface area (Å²) in [4.78, 5) is 39.1. The van der Waals surface area contributed by atoms with Gasteiger partial charge < -0.3 is 0 Å². The zero-order valence-corrected chi connectivity index (χ0v) is 21.2. The van der Waals surface area contributed by atoms with Crippen LogP contribution >= 0.6 is 31.9 Å². The van der Waals surface area contributed by atoms with Gasteiger partial charge in [0.15, 0.2) is 0 Å². The summed E-state index contributed by atoms with van der Waals surface area (Å²) < 4.78 is 1.89. The third-order valence-electron chi connectivity index (χ3n) is 5.58. The van der Waals surface area contributed by atoms with Crippen LogP contribution in [0.3, 0.4) is 0 Å². The quantitative estimate of drug-likeness (QED) is 0.306. The van der Waals surface area contributed by atoms with Crippen molar-refractivity contribution in [2.24, 2.45) is 0 Å². The van der Waals surface area contributed by atoms with Gasteiger partial charge in [-0.3, -0.25) is 14.9 Å². The number of halogens is 2. The maximum absolute atomic E-state index is 13.1. The summed E-state index contributed by atoms with van der Waals surface area (Å²) in [5.41, 5.74) is 5.19. The highest BCUT2D eigenvalue weighted by atomic mass is 79.9. The van der Waals surface area contributed by atoms with Crippen molar-refractivity contribution in [1.29, 1.82) is 0 Å². The van der Waals surface area contributed by atoms with Crippen LogP contribution in [0.4, 0.5) is 10.5 Å². The van der Waals surface area contributed by atoms with Crippen LogP contribution in [0.2, 0.25) is 0 Å². The van der Waals surface area contributed by atoms with Crippen LogP contribution in [0.1, 0.15) is 27.8 Å². The van der Waals surface area contributed by atoms with Crippen molar-refractivity contribution in [3.63, 3.8) is 0 Å². The summed E-state index contributed by atoms with van der Waals surface area (Å²) in [6.07, 6.45) is 2.22. The molecule has 0 bridgehead atoms. The molecule has 4 rings (SSSR count). The first-order valence-corrected chi connectivity index (χ1v) is 11.8. The third kappa shape index (κ3) is 4.84. The Bertz CT molecular complexity index is 1330. The van der Waals surface area contributed by atoms with Gasteiger partial charge in [-0.05, 0) is 78.4 Å². The number of hydrogen-bond acceptors (Lipinski definition) is 3. The van der Waals surface area contributed by atoms with E-state index in [1.165, 1.54) is 6.08 Å². The first-order chi connectivity index (χ1) is 15.7. The Kier molecular flexibility index (Phi) is 6.63. The zero-order chi connectivity index (χ0) is 23.7. The van der Waals surface area contributed by atoms with E-state index in [1.807, 2.05) is 56.3 Å². The SMILES string of the molecule is Cc1ccc(N2C(=O)NC(=O)/C(=C\c3ccc(Cc4ccccc4Br)c(Br)c3)C2=O)cc1C. The van der Waals surface area contributed by atoms with Crippen LogP contribution in [0.5, 0.6) is 0 Å². The van der Waals surface area contributed by atoms with E-state index < -0.39 is 17.8 Å². The molecule has 1 aliphatic heterocycles. The van der Waals surface area contributed by atoms with Gasteiger partial charge in [-0.1, -0.05) is 68.3 Å². The Labute approximate surface area is 208 Å². The first kappa shape index (κ1) is 23.1. The summed E-state index contributed by atoms with van der Waals surface area (Å²) in [5, 5.41) is 2.27. The lowest BCUT2D eigenvalue weighted by atomic mass is 10.0. The number of nitrogens with zero attached hydrogens (tertiary/aromatic N) is 1. The average Bonchev–Trinajstić information content (AvgIpc) is 2.76. The molecule has 0 atom stereocenters. The second-order valence-corrected chi connectivity index (χ2v) is 9.55. The van der Waals surface area contributed by atoms with Crippen LogP contribution in [-0.4, -0.2) is 17.8 Å². The molecule has 0 unspecified atom stereocenters. The number of imide groups is 2. The van der Waals surface area contributed by atoms with E-state index in [0.717, 1.165) is 36.1 Å². The van der Waals surface area contributed by atoms with Crippen LogP contribution in [0.15, 0.2) is 75.2 Å². The summed E-state index contributed by atoms with van der Waals surface area (Å²) in [6.45, 7) is 3.85. The zero-order valence-electron chi connectivity index (χ0n) is 18.0. The minimum atomic E-state index is -0.754. The molecule has 33 heavy (non-hydrogen) atoms. The maximum Gasteiger partial charge on any atom is 0.335 e. The second-order valence-electron chi connectivity index (χ2n) is 7.85. The van der Waals surface area contributed by atoms with Gasteiger partial charge in [0, 0.05) is 8.95 Å². The minimum Gasteiger partial charge on any atom is -0.273 e. The van der Waals surface area contributed by atoms with Gasteiger partial charge in [-0.25, -0.2) is 9.69 Å². The largest absolute Gasteiger partial charge is 0.335 e. The predicted octanol–water partition coefficient (Wildman–Crippen LogP) is 6.09. The number of amides is 4. The molecule has 3 aromatic rings. The normalized spacial score (nSPS) is 15.2. The van der Waals surface area contributed by atoms with E-state index in [1.54, 1.807) is 12.1 Å². The molecule has 1 saturated heterocycles. The number of urea groups is 1. The Morgan fingerprint density at radius 3 is 2.27 bits per heavy atom.